The minimum Gasteiger partial charge on any atom is -0.494 e. The molecule has 0 aromatic heterocycles. The number of benzene rings is 2. The number of hydrogen-bond acceptors (Lipinski definition) is 3. The lowest BCUT2D eigenvalue weighted by molar-refractivity contribution is 0.101. The maximum atomic E-state index is 12.4. The van der Waals surface area contributed by atoms with Crippen molar-refractivity contribution in [1.82, 2.24) is 0 Å². The molecule has 0 unspecified atom stereocenters. The summed E-state index contributed by atoms with van der Waals surface area (Å²) in [5.41, 5.74) is 1.14. The van der Waals surface area contributed by atoms with E-state index in [1.807, 2.05) is 6.92 Å². The molecule has 0 amide bonds. The number of carbonyl (C=O) groups is 1. The van der Waals surface area contributed by atoms with Gasteiger partial charge < -0.3 is 9.47 Å². The molecular weight excluding hydrogens is 323 g/mol. The van der Waals surface area contributed by atoms with E-state index in [2.05, 4.69) is 0 Å². The van der Waals surface area contributed by atoms with Gasteiger partial charge in [0.1, 0.15) is 11.5 Å². The second-order valence-electron chi connectivity index (χ2n) is 4.67. The number of ketones is 1. The van der Waals surface area contributed by atoms with Crippen molar-refractivity contribution in [3.05, 3.63) is 63.3 Å². The highest BCUT2D eigenvalue weighted by molar-refractivity contribution is 6.43. The van der Waals surface area contributed by atoms with Gasteiger partial charge in [-0.25, -0.2) is 0 Å². The first-order chi connectivity index (χ1) is 10.6. The van der Waals surface area contributed by atoms with E-state index in [-0.39, 0.29) is 11.5 Å². The zero-order valence-corrected chi connectivity index (χ0v) is 13.2. The van der Waals surface area contributed by atoms with Gasteiger partial charge in [-0.3, -0.25) is 4.79 Å². The molecule has 112 valence electrons. The summed E-state index contributed by atoms with van der Waals surface area (Å²) in [5.74, 6) is 1.18. The summed E-state index contributed by atoms with van der Waals surface area (Å²) < 4.78 is 11.0. The normalized spacial score (nSPS) is 14.9. The Morgan fingerprint density at radius 2 is 2.05 bits per heavy atom. The fourth-order valence-corrected chi connectivity index (χ4v) is 2.56. The molecule has 2 aromatic carbocycles. The lowest BCUT2D eigenvalue weighted by Crippen LogP contribution is -1.98. The van der Waals surface area contributed by atoms with E-state index in [9.17, 15) is 4.79 Å². The number of Topliss-reactive ketones (excluding diaryl/α,β-unsaturated/α-hetero) is 1. The van der Waals surface area contributed by atoms with Crippen LogP contribution < -0.4 is 9.47 Å². The molecule has 0 N–H and O–H groups in total. The lowest BCUT2D eigenvalue weighted by Gasteiger charge is -2.04. The maximum absolute atomic E-state index is 12.4. The first-order valence-electron chi connectivity index (χ1n) is 6.75. The Balaban J connectivity index is 1.96. The van der Waals surface area contributed by atoms with Crippen LogP contribution in [0.25, 0.3) is 6.08 Å². The Kier molecular flexibility index (Phi) is 4.10. The molecule has 22 heavy (non-hydrogen) atoms. The minimum absolute atomic E-state index is 0.186. The molecule has 0 atom stereocenters. The van der Waals surface area contributed by atoms with Crippen LogP contribution in [-0.4, -0.2) is 12.4 Å². The molecule has 5 heteroatoms. The largest absolute Gasteiger partial charge is 0.494 e. The second kappa shape index (κ2) is 6.03. The van der Waals surface area contributed by atoms with Gasteiger partial charge in [0, 0.05) is 6.07 Å². The van der Waals surface area contributed by atoms with Crippen LogP contribution in [0.2, 0.25) is 10.0 Å². The maximum Gasteiger partial charge on any atom is 0.231 e. The molecule has 0 bridgehead atoms. The number of fused-ring (bicyclic) bond motifs is 1. The SMILES string of the molecule is CCOc1ccc2c(c1)OC(=Cc1cccc(Cl)c1Cl)C2=O. The topological polar surface area (TPSA) is 35.5 Å². The molecule has 1 aliphatic rings. The number of allylic oxidation sites excluding steroid dienone is 1. The monoisotopic (exact) mass is 334 g/mol. The predicted molar refractivity (Wildman–Crippen MR) is 87.0 cm³/mol. The number of ether oxygens (including phenoxy) is 2. The van der Waals surface area contributed by atoms with Gasteiger partial charge in [0.05, 0.1) is 22.2 Å². The average Bonchev–Trinajstić information content (AvgIpc) is 2.80. The van der Waals surface area contributed by atoms with Gasteiger partial charge in [-0.05, 0) is 36.8 Å². The van der Waals surface area contributed by atoms with E-state index >= 15 is 0 Å². The van der Waals surface area contributed by atoms with Crippen LogP contribution in [0.5, 0.6) is 11.5 Å². The summed E-state index contributed by atoms with van der Waals surface area (Å²) in [5, 5.41) is 0.816. The smallest absolute Gasteiger partial charge is 0.231 e. The molecule has 1 heterocycles. The van der Waals surface area contributed by atoms with Crippen LogP contribution >= 0.6 is 23.2 Å². The van der Waals surface area contributed by atoms with Gasteiger partial charge in [0.25, 0.3) is 0 Å². The van der Waals surface area contributed by atoms with Crippen LogP contribution in [0.1, 0.15) is 22.8 Å². The number of carbonyl (C=O) groups excluding carboxylic acids is 1. The fraction of sp³-hybridized carbons (Fsp3) is 0.118. The Morgan fingerprint density at radius 3 is 2.82 bits per heavy atom. The van der Waals surface area contributed by atoms with Crippen molar-refractivity contribution in [3.8, 4) is 11.5 Å². The highest BCUT2D eigenvalue weighted by atomic mass is 35.5. The highest BCUT2D eigenvalue weighted by Crippen LogP contribution is 2.36. The summed E-state index contributed by atoms with van der Waals surface area (Å²) in [7, 11) is 0. The van der Waals surface area contributed by atoms with Crippen molar-refractivity contribution < 1.29 is 14.3 Å². The van der Waals surface area contributed by atoms with Crippen molar-refractivity contribution in [3.63, 3.8) is 0 Å². The van der Waals surface area contributed by atoms with Gasteiger partial charge >= 0.3 is 0 Å². The predicted octanol–water partition coefficient (Wildman–Crippen LogP) is 5.01. The third-order valence-electron chi connectivity index (χ3n) is 3.22. The molecule has 1 aliphatic heterocycles. The summed E-state index contributed by atoms with van der Waals surface area (Å²) >= 11 is 12.1. The molecule has 0 aliphatic carbocycles. The van der Waals surface area contributed by atoms with Gasteiger partial charge in [-0.1, -0.05) is 35.3 Å². The van der Waals surface area contributed by atoms with E-state index in [0.29, 0.717) is 39.3 Å². The van der Waals surface area contributed by atoms with E-state index in [1.165, 1.54) is 0 Å². The summed E-state index contributed by atoms with van der Waals surface area (Å²) in [4.78, 5) is 12.4. The van der Waals surface area contributed by atoms with Crippen LogP contribution in [0, 0.1) is 0 Å². The van der Waals surface area contributed by atoms with Gasteiger partial charge in [0.2, 0.25) is 5.78 Å². The van der Waals surface area contributed by atoms with Crippen LogP contribution in [0.4, 0.5) is 0 Å². The number of halogens is 2. The molecule has 0 radical (unpaired) electrons. The molecule has 3 nitrogen and oxygen atoms in total. The molecule has 0 saturated carbocycles. The Hall–Kier alpha value is -1.97. The fourth-order valence-electron chi connectivity index (χ4n) is 2.20. The Bertz CT molecular complexity index is 781. The van der Waals surface area contributed by atoms with Crippen molar-refractivity contribution in [2.75, 3.05) is 6.61 Å². The quantitative estimate of drug-likeness (QED) is 0.740. The standard InChI is InChI=1S/C17H12Cl2O3/c1-2-21-11-6-7-12-14(9-11)22-15(17(12)20)8-10-4-3-5-13(18)16(10)19/h3-9H,2H2,1H3. The second-order valence-corrected chi connectivity index (χ2v) is 5.46. The van der Waals surface area contributed by atoms with Gasteiger partial charge in [-0.2, -0.15) is 0 Å². The third kappa shape index (κ3) is 2.70. The summed E-state index contributed by atoms with van der Waals surface area (Å²) in [6.45, 7) is 2.44. The van der Waals surface area contributed by atoms with Crippen LogP contribution in [0.3, 0.4) is 0 Å². The van der Waals surface area contributed by atoms with Gasteiger partial charge in [-0.15, -0.1) is 0 Å². The van der Waals surface area contributed by atoms with Crippen molar-refractivity contribution in [2.45, 2.75) is 6.92 Å². The van der Waals surface area contributed by atoms with Crippen LogP contribution in [0.15, 0.2) is 42.2 Å². The average molecular weight is 335 g/mol. The third-order valence-corrected chi connectivity index (χ3v) is 4.05. The van der Waals surface area contributed by atoms with Crippen LogP contribution in [-0.2, 0) is 0 Å². The first kappa shape index (κ1) is 14.9. The number of rotatable bonds is 3. The van der Waals surface area contributed by atoms with Gasteiger partial charge in [0.15, 0.2) is 5.76 Å². The molecule has 0 fully saturated rings. The Morgan fingerprint density at radius 1 is 1.23 bits per heavy atom. The molecule has 0 saturated heterocycles. The number of hydrogen-bond donors (Lipinski definition) is 0. The molecule has 2 aromatic rings. The first-order valence-corrected chi connectivity index (χ1v) is 7.51. The van der Waals surface area contributed by atoms with E-state index in [1.54, 1.807) is 42.5 Å². The Labute approximate surface area is 138 Å². The molecular formula is C17H12Cl2O3. The van der Waals surface area contributed by atoms with E-state index in [4.69, 9.17) is 32.7 Å². The van der Waals surface area contributed by atoms with E-state index in [0.717, 1.165) is 0 Å². The van der Waals surface area contributed by atoms with Crippen molar-refractivity contribution in [2.24, 2.45) is 0 Å². The minimum atomic E-state index is -0.186. The molecule has 3 rings (SSSR count). The van der Waals surface area contributed by atoms with Crippen molar-refractivity contribution in [1.29, 1.82) is 0 Å². The zero-order valence-electron chi connectivity index (χ0n) is 11.7. The zero-order chi connectivity index (χ0) is 15.7. The molecule has 0 spiro atoms. The highest BCUT2D eigenvalue weighted by Gasteiger charge is 2.28. The summed E-state index contributed by atoms with van der Waals surface area (Å²) in [6, 6.07) is 10.4. The summed E-state index contributed by atoms with van der Waals surface area (Å²) in [6.07, 6.45) is 1.59. The lowest BCUT2D eigenvalue weighted by atomic mass is 10.1. The van der Waals surface area contributed by atoms with E-state index < -0.39 is 0 Å². The van der Waals surface area contributed by atoms with Crippen molar-refractivity contribution >= 4 is 35.1 Å².